The van der Waals surface area contributed by atoms with Crippen LogP contribution in [0.15, 0.2) is 35.5 Å². The molecule has 0 saturated carbocycles. The lowest BCUT2D eigenvalue weighted by Gasteiger charge is -2.38. The van der Waals surface area contributed by atoms with Crippen LogP contribution >= 0.6 is 0 Å². The van der Waals surface area contributed by atoms with Crippen molar-refractivity contribution in [3.8, 4) is 5.75 Å². The second-order valence-corrected chi connectivity index (χ2v) is 7.35. The Morgan fingerprint density at radius 1 is 1.00 bits per heavy atom. The van der Waals surface area contributed by atoms with Gasteiger partial charge in [-0.1, -0.05) is 18.2 Å². The monoisotopic (exact) mass is 475 g/mol. The molecule has 3 atom stereocenters. The van der Waals surface area contributed by atoms with Gasteiger partial charge >= 0.3 is 18.3 Å². The molecule has 184 valence electrons. The van der Waals surface area contributed by atoms with Crippen molar-refractivity contribution in [2.75, 3.05) is 40.6 Å². The zero-order chi connectivity index (χ0) is 24.6. The molecule has 1 aromatic rings. The topological polar surface area (TPSA) is 92.3 Å². The molecule has 0 fully saturated rings. The van der Waals surface area contributed by atoms with Crippen LogP contribution in [0.1, 0.15) is 25.3 Å². The molecule has 1 heterocycles. The predicted molar refractivity (Wildman–Crippen MR) is 110 cm³/mol. The van der Waals surface area contributed by atoms with E-state index in [0.29, 0.717) is 5.70 Å². The number of hydrogen-bond donors (Lipinski definition) is 1. The number of alkyl halides is 3. The number of para-hydroxylation sites is 1. The van der Waals surface area contributed by atoms with E-state index in [2.05, 4.69) is 10.1 Å². The van der Waals surface area contributed by atoms with Crippen LogP contribution in [0.2, 0.25) is 0 Å². The number of nitrogens with one attached hydrogen (secondary N) is 1. The number of halogens is 3. The summed E-state index contributed by atoms with van der Waals surface area (Å²) < 4.78 is 63.9. The Kier molecular flexibility index (Phi) is 9.54. The first-order valence-corrected chi connectivity index (χ1v) is 10.2. The lowest BCUT2D eigenvalue weighted by atomic mass is 9.73. The quantitative estimate of drug-likeness (QED) is 0.408. The summed E-state index contributed by atoms with van der Waals surface area (Å²) in [7, 11) is 2.87. The Hall–Kier alpha value is -2.79. The molecule has 0 radical (unpaired) electrons. The van der Waals surface area contributed by atoms with Crippen molar-refractivity contribution < 1.29 is 46.4 Å². The highest BCUT2D eigenvalue weighted by Crippen LogP contribution is 2.44. The van der Waals surface area contributed by atoms with Crippen molar-refractivity contribution in [2.45, 2.75) is 32.2 Å². The van der Waals surface area contributed by atoms with Crippen molar-refractivity contribution in [3.05, 3.63) is 41.1 Å². The molecule has 0 spiro atoms. The molecular weight excluding hydrogens is 447 g/mol. The van der Waals surface area contributed by atoms with Crippen molar-refractivity contribution in [1.82, 2.24) is 5.32 Å². The van der Waals surface area contributed by atoms with Crippen LogP contribution in [-0.2, 0) is 28.5 Å². The molecule has 1 aliphatic heterocycles. The molecule has 0 amide bonds. The average molecular weight is 475 g/mol. The third-order valence-corrected chi connectivity index (χ3v) is 5.08. The maximum atomic E-state index is 13.1. The SMILES string of the molecule is COCCOC(=O)C1=C(C)NC(C)C(C(=O)OCCOC)C1c1ccccc1OC(F)(F)F. The second kappa shape index (κ2) is 11.9. The van der Waals surface area contributed by atoms with Gasteiger partial charge in [0, 0.05) is 37.4 Å². The van der Waals surface area contributed by atoms with E-state index in [1.807, 2.05) is 0 Å². The van der Waals surface area contributed by atoms with E-state index in [1.54, 1.807) is 13.8 Å². The van der Waals surface area contributed by atoms with Crippen molar-refractivity contribution in [1.29, 1.82) is 0 Å². The minimum absolute atomic E-state index is 0.00917. The summed E-state index contributed by atoms with van der Waals surface area (Å²) in [6.45, 7) is 3.41. The number of esters is 2. The lowest BCUT2D eigenvalue weighted by molar-refractivity contribution is -0.275. The van der Waals surface area contributed by atoms with Crippen LogP contribution in [0.3, 0.4) is 0 Å². The minimum atomic E-state index is -4.97. The molecular formula is C22H28F3NO7. The first-order chi connectivity index (χ1) is 15.6. The van der Waals surface area contributed by atoms with E-state index in [4.69, 9.17) is 18.9 Å². The maximum Gasteiger partial charge on any atom is 0.573 e. The Morgan fingerprint density at radius 3 is 2.21 bits per heavy atom. The first-order valence-electron chi connectivity index (χ1n) is 10.2. The predicted octanol–water partition coefficient (Wildman–Crippen LogP) is 2.93. The number of methoxy groups -OCH3 is 2. The van der Waals surface area contributed by atoms with Gasteiger partial charge in [-0.25, -0.2) is 4.79 Å². The Bertz CT molecular complexity index is 857. The summed E-state index contributed by atoms with van der Waals surface area (Å²) in [5, 5.41) is 3.04. The van der Waals surface area contributed by atoms with Crippen molar-refractivity contribution in [2.24, 2.45) is 5.92 Å². The maximum absolute atomic E-state index is 13.1. The van der Waals surface area contributed by atoms with Gasteiger partial charge in [-0.15, -0.1) is 13.2 Å². The standard InChI is InChI=1S/C22H28F3NO7/c1-13-17(20(27)31-11-9-29-3)19(15-7-5-6-8-16(15)33-22(23,24)25)18(14(2)26-13)21(28)32-12-10-30-4/h5-8,13,17,19,26H,9-12H2,1-4H3. The van der Waals surface area contributed by atoms with Gasteiger partial charge in [-0.05, 0) is 19.9 Å². The van der Waals surface area contributed by atoms with Crippen molar-refractivity contribution >= 4 is 11.9 Å². The van der Waals surface area contributed by atoms with E-state index in [0.717, 1.165) is 6.07 Å². The van der Waals surface area contributed by atoms with Crippen LogP contribution in [0, 0.1) is 5.92 Å². The van der Waals surface area contributed by atoms with Gasteiger partial charge in [0.25, 0.3) is 0 Å². The lowest BCUT2D eigenvalue weighted by Crippen LogP contribution is -2.48. The molecule has 1 aliphatic rings. The molecule has 0 bridgehead atoms. The molecule has 0 aromatic heterocycles. The molecule has 1 aromatic carbocycles. The Balaban J connectivity index is 2.58. The zero-order valence-corrected chi connectivity index (χ0v) is 18.9. The highest BCUT2D eigenvalue weighted by atomic mass is 19.4. The van der Waals surface area contributed by atoms with E-state index in [1.165, 1.54) is 32.4 Å². The van der Waals surface area contributed by atoms with Gasteiger partial charge in [0.15, 0.2) is 0 Å². The van der Waals surface area contributed by atoms with Gasteiger partial charge in [0.2, 0.25) is 0 Å². The fraction of sp³-hybridized carbons (Fsp3) is 0.545. The highest BCUT2D eigenvalue weighted by molar-refractivity contribution is 5.93. The second-order valence-electron chi connectivity index (χ2n) is 7.35. The fourth-order valence-corrected chi connectivity index (χ4v) is 3.75. The van der Waals surface area contributed by atoms with E-state index in [9.17, 15) is 22.8 Å². The van der Waals surface area contributed by atoms with Crippen molar-refractivity contribution in [3.63, 3.8) is 0 Å². The van der Waals surface area contributed by atoms with E-state index < -0.39 is 41.9 Å². The number of benzene rings is 1. The van der Waals surface area contributed by atoms with Gasteiger partial charge < -0.3 is 29.0 Å². The van der Waals surface area contributed by atoms with Gasteiger partial charge in [-0.3, -0.25) is 4.79 Å². The number of carbonyl (C=O) groups excluding carboxylic acids is 2. The van der Waals surface area contributed by atoms with E-state index in [-0.39, 0.29) is 37.6 Å². The highest BCUT2D eigenvalue weighted by Gasteiger charge is 2.46. The molecule has 11 heteroatoms. The number of ether oxygens (including phenoxy) is 5. The summed E-state index contributed by atoms with van der Waals surface area (Å²) in [4.78, 5) is 26.0. The number of allylic oxidation sites excluding steroid dienone is 1. The molecule has 0 aliphatic carbocycles. The minimum Gasteiger partial charge on any atom is -0.463 e. The van der Waals surface area contributed by atoms with Crippen LogP contribution in [0.25, 0.3) is 0 Å². The molecule has 8 nitrogen and oxygen atoms in total. The normalized spacial score (nSPS) is 20.8. The first kappa shape index (κ1) is 26.5. The largest absolute Gasteiger partial charge is 0.573 e. The smallest absolute Gasteiger partial charge is 0.463 e. The Morgan fingerprint density at radius 2 is 1.61 bits per heavy atom. The van der Waals surface area contributed by atoms with E-state index >= 15 is 0 Å². The van der Waals surface area contributed by atoms with Gasteiger partial charge in [0.05, 0.1) is 24.7 Å². The summed E-state index contributed by atoms with van der Waals surface area (Å²) in [5.74, 6) is -4.17. The van der Waals surface area contributed by atoms with Crippen LogP contribution in [0.4, 0.5) is 13.2 Å². The number of hydrogen-bond acceptors (Lipinski definition) is 8. The number of rotatable bonds is 10. The third kappa shape index (κ3) is 7.10. The fourth-order valence-electron chi connectivity index (χ4n) is 3.75. The van der Waals surface area contributed by atoms with Gasteiger partial charge in [0.1, 0.15) is 19.0 Å². The molecule has 3 unspecified atom stereocenters. The third-order valence-electron chi connectivity index (χ3n) is 5.08. The van der Waals surface area contributed by atoms with Crippen LogP contribution in [-0.4, -0.2) is 65.0 Å². The van der Waals surface area contributed by atoms with Crippen LogP contribution < -0.4 is 10.1 Å². The molecule has 33 heavy (non-hydrogen) atoms. The zero-order valence-electron chi connectivity index (χ0n) is 18.9. The molecule has 2 rings (SSSR count). The summed E-state index contributed by atoms with van der Waals surface area (Å²) >= 11 is 0. The Labute approximate surface area is 190 Å². The summed E-state index contributed by atoms with van der Waals surface area (Å²) in [6, 6.07) is 4.82. The summed E-state index contributed by atoms with van der Waals surface area (Å²) in [6.07, 6.45) is -4.97. The molecule has 0 saturated heterocycles. The average Bonchev–Trinajstić information content (AvgIpc) is 2.72. The van der Waals surface area contributed by atoms with Gasteiger partial charge in [-0.2, -0.15) is 0 Å². The molecule has 1 N–H and O–H groups in total. The van der Waals surface area contributed by atoms with Crippen LogP contribution in [0.5, 0.6) is 5.75 Å². The summed E-state index contributed by atoms with van der Waals surface area (Å²) in [5.41, 5.74) is 0.392. The number of carbonyl (C=O) groups is 2.